The predicted octanol–water partition coefficient (Wildman–Crippen LogP) is 3.04. The second-order valence-electron chi connectivity index (χ2n) is 3.50. The van der Waals surface area contributed by atoms with E-state index in [1.54, 1.807) is 12.1 Å². The average molecular weight is 293 g/mol. The quantitative estimate of drug-likeness (QED) is 0.785. The van der Waals surface area contributed by atoms with Crippen LogP contribution in [-0.4, -0.2) is 30.9 Å². The number of hydrogen-bond donors (Lipinski definition) is 1. The Labute approximate surface area is 115 Å². The Kier molecular flexibility index (Phi) is 6.25. The summed E-state index contributed by atoms with van der Waals surface area (Å²) in [5.74, 6) is -0.454. The fourth-order valence-electron chi connectivity index (χ4n) is 1.37. The van der Waals surface area contributed by atoms with Gasteiger partial charge in [0.15, 0.2) is 0 Å². The molecule has 1 aromatic rings. The molecule has 6 heteroatoms. The van der Waals surface area contributed by atoms with E-state index in [1.165, 1.54) is 0 Å². The summed E-state index contributed by atoms with van der Waals surface area (Å²) < 4.78 is 10.2. The minimum Gasteiger partial charge on any atom is -0.492 e. The maximum atomic E-state index is 10.3. The molecule has 0 aliphatic heterocycles. The Morgan fingerprint density at radius 2 is 2.06 bits per heavy atom. The Morgan fingerprint density at radius 3 is 2.67 bits per heavy atom. The highest BCUT2D eigenvalue weighted by atomic mass is 35.5. The lowest BCUT2D eigenvalue weighted by atomic mass is 10.1. The van der Waals surface area contributed by atoms with Gasteiger partial charge in [0.1, 0.15) is 12.4 Å². The molecule has 100 valence electrons. The van der Waals surface area contributed by atoms with E-state index in [2.05, 4.69) is 0 Å². The number of halogens is 2. The van der Waals surface area contributed by atoms with Crippen LogP contribution in [0.2, 0.25) is 10.0 Å². The summed E-state index contributed by atoms with van der Waals surface area (Å²) in [6.07, 6.45) is 0.498. The molecule has 0 bridgehead atoms. The van der Waals surface area contributed by atoms with Crippen LogP contribution in [0, 0.1) is 0 Å². The molecule has 0 aliphatic rings. The summed E-state index contributed by atoms with van der Waals surface area (Å²) in [4.78, 5) is 10.3. The summed E-state index contributed by atoms with van der Waals surface area (Å²) >= 11 is 12.1. The Hall–Kier alpha value is -0.970. The molecule has 0 aromatic heterocycles. The molecule has 1 N–H and O–H groups in total. The summed E-state index contributed by atoms with van der Waals surface area (Å²) in [6.45, 7) is 2.33. The van der Waals surface area contributed by atoms with Crippen molar-refractivity contribution >= 4 is 29.2 Å². The van der Waals surface area contributed by atoms with Crippen LogP contribution >= 0.6 is 23.2 Å². The van der Waals surface area contributed by atoms with Gasteiger partial charge in [-0.1, -0.05) is 23.2 Å². The standard InChI is InChI=1S/C12H14Cl2O4/c1-2-18-11-6-9(13)8(5-10(11)14)3-4-17-7-12(15)16/h5-6H,2-4,7H2,1H3,(H,15,16). The van der Waals surface area contributed by atoms with Crippen molar-refractivity contribution in [3.63, 3.8) is 0 Å². The van der Waals surface area contributed by atoms with E-state index in [0.29, 0.717) is 28.8 Å². The molecule has 0 spiro atoms. The second kappa shape index (κ2) is 7.46. The summed E-state index contributed by atoms with van der Waals surface area (Å²) in [6, 6.07) is 3.36. The fourth-order valence-corrected chi connectivity index (χ4v) is 1.86. The molecule has 0 saturated heterocycles. The van der Waals surface area contributed by atoms with E-state index < -0.39 is 5.97 Å². The molecule has 18 heavy (non-hydrogen) atoms. The number of carboxylic acid groups (broad SMARTS) is 1. The fraction of sp³-hybridized carbons (Fsp3) is 0.417. The van der Waals surface area contributed by atoms with Gasteiger partial charge in [0.25, 0.3) is 0 Å². The molecule has 0 radical (unpaired) electrons. The highest BCUT2D eigenvalue weighted by Gasteiger charge is 2.08. The molecule has 1 aromatic carbocycles. The molecular formula is C12H14Cl2O4. The zero-order chi connectivity index (χ0) is 13.5. The monoisotopic (exact) mass is 292 g/mol. The molecule has 0 atom stereocenters. The van der Waals surface area contributed by atoms with E-state index >= 15 is 0 Å². The van der Waals surface area contributed by atoms with E-state index in [0.717, 1.165) is 5.56 Å². The van der Waals surface area contributed by atoms with Crippen LogP contribution in [-0.2, 0) is 16.0 Å². The number of hydrogen-bond acceptors (Lipinski definition) is 3. The van der Waals surface area contributed by atoms with Crippen molar-refractivity contribution in [3.05, 3.63) is 27.7 Å². The Balaban J connectivity index is 2.61. The summed E-state index contributed by atoms with van der Waals surface area (Å²) in [5, 5.41) is 9.43. The number of ether oxygens (including phenoxy) is 2. The van der Waals surface area contributed by atoms with Crippen molar-refractivity contribution in [2.75, 3.05) is 19.8 Å². The van der Waals surface area contributed by atoms with Gasteiger partial charge in [-0.25, -0.2) is 4.79 Å². The van der Waals surface area contributed by atoms with Crippen molar-refractivity contribution in [1.29, 1.82) is 0 Å². The number of benzene rings is 1. The molecular weight excluding hydrogens is 279 g/mol. The first kappa shape index (κ1) is 15.1. The summed E-state index contributed by atoms with van der Waals surface area (Å²) in [7, 11) is 0. The van der Waals surface area contributed by atoms with Gasteiger partial charge in [0.2, 0.25) is 0 Å². The maximum Gasteiger partial charge on any atom is 0.329 e. The van der Waals surface area contributed by atoms with E-state index in [4.69, 9.17) is 37.8 Å². The molecule has 0 saturated carbocycles. The van der Waals surface area contributed by atoms with E-state index in [-0.39, 0.29) is 13.2 Å². The zero-order valence-corrected chi connectivity index (χ0v) is 11.4. The lowest BCUT2D eigenvalue weighted by Crippen LogP contribution is -2.09. The van der Waals surface area contributed by atoms with Crippen LogP contribution in [0.15, 0.2) is 12.1 Å². The molecule has 4 nitrogen and oxygen atoms in total. The Morgan fingerprint density at radius 1 is 1.33 bits per heavy atom. The third-order valence-corrected chi connectivity index (χ3v) is 2.79. The first-order chi connectivity index (χ1) is 8.54. The molecule has 0 aliphatic carbocycles. The highest BCUT2D eigenvalue weighted by Crippen LogP contribution is 2.31. The van der Waals surface area contributed by atoms with Gasteiger partial charge in [0.05, 0.1) is 18.2 Å². The topological polar surface area (TPSA) is 55.8 Å². The first-order valence-corrected chi connectivity index (χ1v) is 6.20. The van der Waals surface area contributed by atoms with Crippen molar-refractivity contribution in [2.45, 2.75) is 13.3 Å². The number of carboxylic acids is 1. The molecule has 0 amide bonds. The van der Waals surface area contributed by atoms with Crippen molar-refractivity contribution in [2.24, 2.45) is 0 Å². The molecule has 0 unspecified atom stereocenters. The van der Waals surface area contributed by atoms with E-state index in [1.807, 2.05) is 6.92 Å². The zero-order valence-electron chi connectivity index (χ0n) is 9.91. The minimum atomic E-state index is -0.995. The van der Waals surface area contributed by atoms with Gasteiger partial charge < -0.3 is 14.6 Å². The minimum absolute atomic E-state index is 0.274. The van der Waals surface area contributed by atoms with Crippen molar-refractivity contribution in [3.8, 4) is 5.75 Å². The smallest absolute Gasteiger partial charge is 0.329 e. The third kappa shape index (κ3) is 4.72. The largest absolute Gasteiger partial charge is 0.492 e. The van der Waals surface area contributed by atoms with Gasteiger partial charge in [-0.3, -0.25) is 0 Å². The van der Waals surface area contributed by atoms with Crippen LogP contribution in [0.25, 0.3) is 0 Å². The molecule has 1 rings (SSSR count). The van der Waals surface area contributed by atoms with Gasteiger partial charge in [-0.15, -0.1) is 0 Å². The lowest BCUT2D eigenvalue weighted by molar-refractivity contribution is -0.142. The normalized spacial score (nSPS) is 10.4. The van der Waals surface area contributed by atoms with Crippen LogP contribution in [0.5, 0.6) is 5.75 Å². The van der Waals surface area contributed by atoms with E-state index in [9.17, 15) is 4.79 Å². The second-order valence-corrected chi connectivity index (χ2v) is 4.32. The summed E-state index contributed by atoms with van der Waals surface area (Å²) in [5.41, 5.74) is 0.801. The predicted molar refractivity (Wildman–Crippen MR) is 69.8 cm³/mol. The SMILES string of the molecule is CCOc1cc(Cl)c(CCOCC(=O)O)cc1Cl. The molecule has 0 fully saturated rings. The third-order valence-electron chi connectivity index (χ3n) is 2.14. The average Bonchev–Trinajstić information content (AvgIpc) is 2.30. The van der Waals surface area contributed by atoms with Crippen LogP contribution < -0.4 is 4.74 Å². The van der Waals surface area contributed by atoms with Crippen LogP contribution in [0.3, 0.4) is 0 Å². The number of carbonyl (C=O) groups is 1. The Bertz CT molecular complexity index is 421. The lowest BCUT2D eigenvalue weighted by Gasteiger charge is -2.10. The molecule has 0 heterocycles. The van der Waals surface area contributed by atoms with Gasteiger partial charge >= 0.3 is 5.97 Å². The van der Waals surface area contributed by atoms with Gasteiger partial charge in [-0.2, -0.15) is 0 Å². The van der Waals surface area contributed by atoms with Gasteiger partial charge in [0, 0.05) is 11.1 Å². The first-order valence-electron chi connectivity index (χ1n) is 5.44. The highest BCUT2D eigenvalue weighted by molar-refractivity contribution is 6.34. The number of aliphatic carboxylic acids is 1. The maximum absolute atomic E-state index is 10.3. The van der Waals surface area contributed by atoms with Crippen molar-refractivity contribution < 1.29 is 19.4 Å². The van der Waals surface area contributed by atoms with Crippen LogP contribution in [0.1, 0.15) is 12.5 Å². The van der Waals surface area contributed by atoms with Gasteiger partial charge in [-0.05, 0) is 25.0 Å². The van der Waals surface area contributed by atoms with Crippen LogP contribution in [0.4, 0.5) is 0 Å². The van der Waals surface area contributed by atoms with Crippen molar-refractivity contribution in [1.82, 2.24) is 0 Å². The number of rotatable bonds is 7.